The lowest BCUT2D eigenvalue weighted by atomic mass is 9.73. The maximum atomic E-state index is 13.1. The number of aliphatic hydroxyl groups excluding tert-OH is 2. The molecule has 1 aliphatic rings. The van der Waals surface area contributed by atoms with Crippen molar-refractivity contribution in [3.05, 3.63) is 32.8 Å². The molecule has 0 saturated heterocycles. The number of carbonyl (C=O) groups is 2. The van der Waals surface area contributed by atoms with Crippen LogP contribution < -0.4 is 0 Å². The van der Waals surface area contributed by atoms with E-state index in [0.717, 1.165) is 29.8 Å². The molecule has 0 unspecified atom stereocenters. The lowest BCUT2D eigenvalue weighted by Gasteiger charge is -2.34. The molecule has 34 heavy (non-hydrogen) atoms. The Morgan fingerprint density at radius 3 is 2.56 bits per heavy atom. The number of cyclic esters (lactones) is 1. The third-order valence-electron chi connectivity index (χ3n) is 6.75. The van der Waals surface area contributed by atoms with E-state index in [9.17, 15) is 19.8 Å². The largest absolute Gasteiger partial charge is 0.456 e. The summed E-state index contributed by atoms with van der Waals surface area (Å²) in [5, 5.41) is 24.7. The number of hydrogen-bond donors (Lipinski definition) is 2. The van der Waals surface area contributed by atoms with Gasteiger partial charge in [0.15, 0.2) is 0 Å². The summed E-state index contributed by atoms with van der Waals surface area (Å²) in [5.41, 5.74) is 0.610. The predicted octanol–water partition coefficient (Wildman–Crippen LogP) is 5.44. The topological polar surface area (TPSA) is 96.7 Å². The highest BCUT2D eigenvalue weighted by Crippen LogP contribution is 2.32. The van der Waals surface area contributed by atoms with Crippen LogP contribution in [-0.2, 0) is 14.3 Å². The van der Waals surface area contributed by atoms with E-state index in [1.165, 1.54) is 11.3 Å². The minimum Gasteiger partial charge on any atom is -0.456 e. The van der Waals surface area contributed by atoms with Crippen molar-refractivity contribution >= 4 is 40.8 Å². The second-order valence-corrected chi connectivity index (χ2v) is 11.5. The number of ether oxygens (including phenoxy) is 1. The summed E-state index contributed by atoms with van der Waals surface area (Å²) in [6.07, 6.45) is 3.42. The fraction of sp³-hybridized carbons (Fsp3) is 0.654. The van der Waals surface area contributed by atoms with Gasteiger partial charge in [0.1, 0.15) is 11.9 Å². The number of hydrogen-bond acceptors (Lipinski definition) is 7. The molecule has 0 fully saturated rings. The van der Waals surface area contributed by atoms with E-state index in [1.807, 2.05) is 32.2 Å². The van der Waals surface area contributed by atoms with Gasteiger partial charge in [0.05, 0.1) is 39.8 Å². The molecule has 1 aromatic heterocycles. The first-order chi connectivity index (χ1) is 15.8. The highest BCUT2D eigenvalue weighted by atomic mass is 35.5. The Morgan fingerprint density at radius 2 is 1.94 bits per heavy atom. The van der Waals surface area contributed by atoms with Gasteiger partial charge in [0.2, 0.25) is 0 Å². The zero-order chi connectivity index (χ0) is 25.6. The molecule has 8 heteroatoms. The summed E-state index contributed by atoms with van der Waals surface area (Å²) in [6.45, 7) is 10.8. The fourth-order valence-electron chi connectivity index (χ4n) is 4.20. The molecule has 2 rings (SSSR count). The Kier molecular flexibility index (Phi) is 10.5. The third kappa shape index (κ3) is 7.74. The molecule has 6 nitrogen and oxygen atoms in total. The molecule has 0 radical (unpaired) electrons. The van der Waals surface area contributed by atoms with Gasteiger partial charge >= 0.3 is 5.97 Å². The number of rotatable bonds is 2. The quantitative estimate of drug-likeness (QED) is 0.405. The SMILES string of the molecule is C/C1=C/C[C@@H](/C(Cl)=C/c2csc(C)n2)OC(=O)C[C@H](O)C(C)(C)C(=O)[C@H](C)[C@@H](O)[C@@H](C)CCC1. The smallest absolute Gasteiger partial charge is 0.309 e. The first-order valence-corrected chi connectivity index (χ1v) is 13.1. The second-order valence-electron chi connectivity index (χ2n) is 10.0. The van der Waals surface area contributed by atoms with Crippen LogP contribution >= 0.6 is 22.9 Å². The number of aryl methyl sites for hydroxylation is 1. The van der Waals surface area contributed by atoms with Crippen molar-refractivity contribution in [1.29, 1.82) is 0 Å². The van der Waals surface area contributed by atoms with Crippen LogP contribution in [0.4, 0.5) is 0 Å². The molecular weight excluding hydrogens is 474 g/mol. The molecule has 0 aliphatic carbocycles. The second kappa shape index (κ2) is 12.4. The maximum absolute atomic E-state index is 13.1. The highest BCUT2D eigenvalue weighted by molar-refractivity contribution is 7.09. The molecule has 0 saturated carbocycles. The minimum atomic E-state index is -1.26. The molecule has 0 amide bonds. The number of Topliss-reactive ketones (excluding diaryl/α,β-unsaturated/α-hetero) is 1. The van der Waals surface area contributed by atoms with Crippen LogP contribution in [0.1, 0.15) is 77.4 Å². The van der Waals surface area contributed by atoms with E-state index in [-0.39, 0.29) is 18.1 Å². The third-order valence-corrected chi connectivity index (χ3v) is 7.90. The van der Waals surface area contributed by atoms with E-state index in [0.29, 0.717) is 17.1 Å². The molecule has 2 heterocycles. The van der Waals surface area contributed by atoms with Crippen LogP contribution in [0, 0.1) is 24.2 Å². The van der Waals surface area contributed by atoms with Crippen LogP contribution in [0.2, 0.25) is 0 Å². The molecule has 5 atom stereocenters. The van der Waals surface area contributed by atoms with Gasteiger partial charge in [-0.1, -0.05) is 50.9 Å². The Labute approximate surface area is 212 Å². The highest BCUT2D eigenvalue weighted by Gasteiger charge is 2.42. The molecule has 0 spiro atoms. The van der Waals surface area contributed by atoms with E-state index >= 15 is 0 Å². The molecule has 2 N–H and O–H groups in total. The van der Waals surface area contributed by atoms with Gasteiger partial charge < -0.3 is 14.9 Å². The molecule has 1 aliphatic heterocycles. The number of aromatic nitrogens is 1. The van der Waals surface area contributed by atoms with E-state index in [1.54, 1.807) is 26.8 Å². The van der Waals surface area contributed by atoms with Crippen molar-refractivity contribution in [2.75, 3.05) is 0 Å². The Bertz CT molecular complexity index is 922. The summed E-state index contributed by atoms with van der Waals surface area (Å²) in [5.74, 6) is -1.64. The average molecular weight is 512 g/mol. The lowest BCUT2D eigenvalue weighted by Crippen LogP contribution is -2.45. The Balaban J connectivity index is 2.33. The molecule has 0 aromatic carbocycles. The average Bonchev–Trinajstić information content (AvgIpc) is 3.18. The Morgan fingerprint density at radius 1 is 1.26 bits per heavy atom. The van der Waals surface area contributed by atoms with Gasteiger partial charge in [0, 0.05) is 17.7 Å². The number of nitrogens with zero attached hydrogens (tertiary/aromatic N) is 1. The van der Waals surface area contributed by atoms with Crippen LogP contribution in [0.3, 0.4) is 0 Å². The van der Waals surface area contributed by atoms with Gasteiger partial charge in [0.25, 0.3) is 0 Å². The molecule has 0 bridgehead atoms. The number of allylic oxidation sites excluding steroid dienone is 1. The van der Waals surface area contributed by atoms with Crippen LogP contribution in [0.25, 0.3) is 6.08 Å². The Hall–Kier alpha value is -1.54. The van der Waals surface area contributed by atoms with Gasteiger partial charge in [-0.05, 0) is 45.1 Å². The monoisotopic (exact) mass is 511 g/mol. The van der Waals surface area contributed by atoms with Crippen molar-refractivity contribution in [1.82, 2.24) is 4.98 Å². The van der Waals surface area contributed by atoms with Crippen LogP contribution in [0.5, 0.6) is 0 Å². The van der Waals surface area contributed by atoms with Crippen molar-refractivity contribution in [2.24, 2.45) is 17.3 Å². The summed E-state index contributed by atoms with van der Waals surface area (Å²) < 4.78 is 5.68. The number of aliphatic hydroxyl groups is 2. The van der Waals surface area contributed by atoms with Crippen molar-refractivity contribution in [3.63, 3.8) is 0 Å². The van der Waals surface area contributed by atoms with Gasteiger partial charge in [-0.15, -0.1) is 11.3 Å². The van der Waals surface area contributed by atoms with Crippen LogP contribution in [-0.4, -0.2) is 45.3 Å². The van der Waals surface area contributed by atoms with Gasteiger partial charge in [-0.3, -0.25) is 9.59 Å². The van der Waals surface area contributed by atoms with Crippen molar-refractivity contribution in [2.45, 2.75) is 92.0 Å². The normalized spacial score (nSPS) is 32.1. The maximum Gasteiger partial charge on any atom is 0.309 e. The summed E-state index contributed by atoms with van der Waals surface area (Å²) in [6, 6.07) is 0. The van der Waals surface area contributed by atoms with Crippen molar-refractivity contribution in [3.8, 4) is 0 Å². The zero-order valence-corrected chi connectivity index (χ0v) is 22.6. The van der Waals surface area contributed by atoms with Crippen molar-refractivity contribution < 1.29 is 24.5 Å². The van der Waals surface area contributed by atoms with E-state index in [4.69, 9.17) is 16.3 Å². The number of carbonyl (C=O) groups excluding carboxylic acids is 2. The summed E-state index contributed by atoms with van der Waals surface area (Å²) >= 11 is 8.06. The number of ketones is 1. The zero-order valence-electron chi connectivity index (χ0n) is 21.0. The minimum absolute atomic E-state index is 0.0655. The fourth-order valence-corrected chi connectivity index (χ4v) is 5.02. The number of esters is 1. The van der Waals surface area contributed by atoms with Gasteiger partial charge in [-0.25, -0.2) is 4.98 Å². The van der Waals surface area contributed by atoms with E-state index in [2.05, 4.69) is 4.98 Å². The first-order valence-electron chi connectivity index (χ1n) is 11.9. The van der Waals surface area contributed by atoms with E-state index < -0.39 is 35.6 Å². The summed E-state index contributed by atoms with van der Waals surface area (Å²) in [4.78, 5) is 30.3. The number of halogens is 1. The number of thiazole rings is 1. The molecule has 1 aromatic rings. The lowest BCUT2D eigenvalue weighted by molar-refractivity contribution is -0.153. The van der Waals surface area contributed by atoms with Crippen LogP contribution in [0.15, 0.2) is 22.1 Å². The molecular formula is C26H38ClNO5S. The molecule has 190 valence electrons. The van der Waals surface area contributed by atoms with Gasteiger partial charge in [-0.2, -0.15) is 0 Å². The standard InChI is InChI=1S/C26H38ClNO5S/c1-15-8-7-9-16(2)24(31)17(3)25(32)26(5,6)22(29)13-23(30)33-21(11-10-15)20(27)12-19-14-34-18(4)28-19/h10,12,14,16-17,21-22,24,29,31H,7-9,11,13H2,1-6H3/b15-10-,20-12-/t16-,17+,21-,22-,24-/m0/s1. The predicted molar refractivity (Wildman–Crippen MR) is 137 cm³/mol. The summed E-state index contributed by atoms with van der Waals surface area (Å²) in [7, 11) is 0. The first kappa shape index (κ1) is 28.7.